The summed E-state index contributed by atoms with van der Waals surface area (Å²) in [5.74, 6) is 2.48. The summed E-state index contributed by atoms with van der Waals surface area (Å²) in [6.07, 6.45) is 7.95. The number of nitrogens with zero attached hydrogens (tertiary/aromatic N) is 2. The molecule has 3 heteroatoms. The fourth-order valence-corrected chi connectivity index (χ4v) is 4.15. The van der Waals surface area contributed by atoms with Crippen molar-refractivity contribution in [3.8, 4) is 0 Å². The number of halogens is 1. The number of fused-ring (bicyclic) bond motifs is 1. The van der Waals surface area contributed by atoms with E-state index in [0.717, 1.165) is 17.3 Å². The van der Waals surface area contributed by atoms with Gasteiger partial charge in [-0.15, -0.1) is 11.6 Å². The summed E-state index contributed by atoms with van der Waals surface area (Å²) < 4.78 is 2.44. The number of para-hydroxylation sites is 1. The molecule has 0 radical (unpaired) electrons. The summed E-state index contributed by atoms with van der Waals surface area (Å²) in [5, 5.41) is 0. The van der Waals surface area contributed by atoms with Gasteiger partial charge in [-0.25, -0.2) is 4.98 Å². The lowest BCUT2D eigenvalue weighted by atomic mass is 9.83. The maximum atomic E-state index is 6.17. The molecule has 0 N–H and O–H groups in total. The van der Waals surface area contributed by atoms with Gasteiger partial charge in [0.05, 0.1) is 16.9 Å². The standard InChI is InChI=1S/C18H25ClN2/c1-3-5-14-8-10-15(11-9-14)21-17(12-19)20-16-7-4-6-13(2)18(16)21/h4,6-7,14-15H,3,5,8-12H2,1-2H3. The molecule has 2 aromatic rings. The normalized spacial score (nSPS) is 22.8. The molecule has 0 unspecified atom stereocenters. The fraction of sp³-hybridized carbons (Fsp3) is 0.611. The largest absolute Gasteiger partial charge is 0.324 e. The number of benzene rings is 1. The quantitative estimate of drug-likeness (QED) is 0.671. The first-order valence-corrected chi connectivity index (χ1v) is 8.80. The van der Waals surface area contributed by atoms with Crippen LogP contribution in [0.1, 0.15) is 62.9 Å². The highest BCUT2D eigenvalue weighted by molar-refractivity contribution is 6.16. The number of aryl methyl sites for hydroxylation is 1. The lowest BCUT2D eigenvalue weighted by Gasteiger charge is -2.30. The highest BCUT2D eigenvalue weighted by Crippen LogP contribution is 2.37. The first-order valence-electron chi connectivity index (χ1n) is 8.27. The highest BCUT2D eigenvalue weighted by atomic mass is 35.5. The Morgan fingerprint density at radius 2 is 2.00 bits per heavy atom. The van der Waals surface area contributed by atoms with Gasteiger partial charge in [0.15, 0.2) is 0 Å². The van der Waals surface area contributed by atoms with E-state index in [1.807, 2.05) is 0 Å². The second-order valence-electron chi connectivity index (χ2n) is 6.44. The number of hydrogen-bond acceptors (Lipinski definition) is 1. The number of hydrogen-bond donors (Lipinski definition) is 0. The molecule has 0 atom stereocenters. The van der Waals surface area contributed by atoms with E-state index < -0.39 is 0 Å². The Hall–Kier alpha value is -1.02. The van der Waals surface area contributed by atoms with E-state index >= 15 is 0 Å². The van der Waals surface area contributed by atoms with Crippen molar-refractivity contribution in [1.29, 1.82) is 0 Å². The minimum absolute atomic E-state index is 0.503. The summed E-state index contributed by atoms with van der Waals surface area (Å²) in [5.41, 5.74) is 3.71. The van der Waals surface area contributed by atoms with E-state index in [4.69, 9.17) is 16.6 Å². The molecule has 114 valence electrons. The molecule has 0 saturated heterocycles. The number of alkyl halides is 1. The Bertz CT molecular complexity index is 609. The van der Waals surface area contributed by atoms with Crippen LogP contribution in [-0.2, 0) is 5.88 Å². The van der Waals surface area contributed by atoms with Gasteiger partial charge in [0.25, 0.3) is 0 Å². The topological polar surface area (TPSA) is 17.8 Å². The van der Waals surface area contributed by atoms with Crippen molar-refractivity contribution in [3.05, 3.63) is 29.6 Å². The van der Waals surface area contributed by atoms with Gasteiger partial charge in [0.1, 0.15) is 5.82 Å². The summed E-state index contributed by atoms with van der Waals surface area (Å²) in [6.45, 7) is 4.48. The van der Waals surface area contributed by atoms with Gasteiger partial charge in [-0.1, -0.05) is 31.9 Å². The van der Waals surface area contributed by atoms with Crippen LogP contribution >= 0.6 is 11.6 Å². The Morgan fingerprint density at radius 1 is 1.24 bits per heavy atom. The summed E-state index contributed by atoms with van der Waals surface area (Å²) in [6, 6.07) is 6.96. The van der Waals surface area contributed by atoms with Gasteiger partial charge in [-0.05, 0) is 50.2 Å². The fourth-order valence-electron chi connectivity index (χ4n) is 3.96. The van der Waals surface area contributed by atoms with E-state index in [-0.39, 0.29) is 0 Å². The highest BCUT2D eigenvalue weighted by Gasteiger charge is 2.25. The first kappa shape index (κ1) is 14.9. The predicted octanol–water partition coefficient (Wildman–Crippen LogP) is 5.61. The molecule has 1 heterocycles. The molecule has 1 aliphatic rings. The van der Waals surface area contributed by atoms with Gasteiger partial charge in [0.2, 0.25) is 0 Å². The number of aromatic nitrogens is 2. The first-order chi connectivity index (χ1) is 10.2. The third-order valence-corrected chi connectivity index (χ3v) is 5.22. The van der Waals surface area contributed by atoms with E-state index in [0.29, 0.717) is 11.9 Å². The predicted molar refractivity (Wildman–Crippen MR) is 89.9 cm³/mol. The van der Waals surface area contributed by atoms with Crippen molar-refractivity contribution in [2.24, 2.45) is 5.92 Å². The molecular formula is C18H25ClN2. The third-order valence-electron chi connectivity index (χ3n) is 4.98. The summed E-state index contributed by atoms with van der Waals surface area (Å²) >= 11 is 6.17. The van der Waals surface area contributed by atoms with E-state index in [9.17, 15) is 0 Å². The Balaban J connectivity index is 1.93. The van der Waals surface area contributed by atoms with Crippen LogP contribution < -0.4 is 0 Å². The molecular weight excluding hydrogens is 280 g/mol. The zero-order chi connectivity index (χ0) is 14.8. The summed E-state index contributed by atoms with van der Waals surface area (Å²) in [4.78, 5) is 4.75. The molecule has 0 aliphatic heterocycles. The van der Waals surface area contributed by atoms with Gasteiger partial charge < -0.3 is 4.57 Å². The lowest BCUT2D eigenvalue weighted by molar-refractivity contribution is 0.263. The van der Waals surface area contributed by atoms with Crippen molar-refractivity contribution in [2.45, 2.75) is 64.3 Å². The minimum atomic E-state index is 0.503. The maximum absolute atomic E-state index is 6.17. The van der Waals surface area contributed by atoms with Crippen molar-refractivity contribution in [3.63, 3.8) is 0 Å². The average molecular weight is 305 g/mol. The average Bonchev–Trinajstić information content (AvgIpc) is 2.88. The Labute approximate surface area is 132 Å². The van der Waals surface area contributed by atoms with Crippen LogP contribution in [-0.4, -0.2) is 9.55 Å². The molecule has 3 rings (SSSR count). The van der Waals surface area contributed by atoms with E-state index in [2.05, 4.69) is 36.6 Å². The summed E-state index contributed by atoms with van der Waals surface area (Å²) in [7, 11) is 0. The molecule has 1 aliphatic carbocycles. The second-order valence-corrected chi connectivity index (χ2v) is 6.70. The smallest absolute Gasteiger partial charge is 0.125 e. The zero-order valence-electron chi connectivity index (χ0n) is 13.1. The molecule has 1 aromatic heterocycles. The van der Waals surface area contributed by atoms with Crippen LogP contribution in [0.5, 0.6) is 0 Å². The zero-order valence-corrected chi connectivity index (χ0v) is 13.9. The SMILES string of the molecule is CCCC1CCC(n2c(CCl)nc3cccc(C)c32)CC1. The van der Waals surface area contributed by atoms with Crippen LogP contribution in [0, 0.1) is 12.8 Å². The van der Waals surface area contributed by atoms with Crippen molar-refractivity contribution in [2.75, 3.05) is 0 Å². The Kier molecular flexibility index (Phi) is 4.54. The molecule has 21 heavy (non-hydrogen) atoms. The number of rotatable bonds is 4. The maximum Gasteiger partial charge on any atom is 0.125 e. The molecule has 1 saturated carbocycles. The van der Waals surface area contributed by atoms with E-state index in [1.54, 1.807) is 0 Å². The minimum Gasteiger partial charge on any atom is -0.324 e. The molecule has 2 nitrogen and oxygen atoms in total. The molecule has 1 aromatic carbocycles. The van der Waals surface area contributed by atoms with Crippen LogP contribution in [0.25, 0.3) is 11.0 Å². The van der Waals surface area contributed by atoms with Crippen LogP contribution in [0.2, 0.25) is 0 Å². The second kappa shape index (κ2) is 6.39. The van der Waals surface area contributed by atoms with Gasteiger partial charge in [-0.3, -0.25) is 0 Å². The molecule has 1 fully saturated rings. The molecule has 0 bridgehead atoms. The number of imidazole rings is 1. The van der Waals surface area contributed by atoms with Crippen LogP contribution in [0.3, 0.4) is 0 Å². The monoisotopic (exact) mass is 304 g/mol. The third kappa shape index (κ3) is 2.83. The van der Waals surface area contributed by atoms with Crippen LogP contribution in [0.15, 0.2) is 18.2 Å². The van der Waals surface area contributed by atoms with Crippen molar-refractivity contribution in [1.82, 2.24) is 9.55 Å². The van der Waals surface area contributed by atoms with Gasteiger partial charge in [-0.2, -0.15) is 0 Å². The van der Waals surface area contributed by atoms with E-state index in [1.165, 1.54) is 49.6 Å². The molecule has 0 spiro atoms. The molecule has 0 amide bonds. The Morgan fingerprint density at radius 3 is 2.67 bits per heavy atom. The lowest BCUT2D eigenvalue weighted by Crippen LogP contribution is -2.19. The van der Waals surface area contributed by atoms with Gasteiger partial charge in [0, 0.05) is 6.04 Å². The van der Waals surface area contributed by atoms with Gasteiger partial charge >= 0.3 is 0 Å². The van der Waals surface area contributed by atoms with Crippen molar-refractivity contribution < 1.29 is 0 Å². The van der Waals surface area contributed by atoms with Crippen LogP contribution in [0.4, 0.5) is 0 Å². The van der Waals surface area contributed by atoms with Crippen molar-refractivity contribution >= 4 is 22.6 Å².